The van der Waals surface area contributed by atoms with Gasteiger partial charge in [-0.15, -0.1) is 0 Å². The third-order valence-corrected chi connectivity index (χ3v) is 4.62. The topological polar surface area (TPSA) is 32.3 Å². The maximum atomic E-state index is 10.5. The molecule has 3 rings (SSSR count). The van der Waals surface area contributed by atoms with Crippen LogP contribution in [0.25, 0.3) is 5.57 Å². The number of phenols is 1. The number of aromatic hydroxyl groups is 1. The van der Waals surface area contributed by atoms with E-state index in [1.165, 1.54) is 16.7 Å². The Bertz CT molecular complexity index is 728. The number of hydrogen-bond donors (Lipinski definition) is 2. The molecule has 2 N–H and O–H groups in total. The molecule has 0 unspecified atom stereocenters. The lowest BCUT2D eigenvalue weighted by Crippen LogP contribution is -2.26. The van der Waals surface area contributed by atoms with Crippen LogP contribution in [0.1, 0.15) is 42.5 Å². The summed E-state index contributed by atoms with van der Waals surface area (Å²) in [4.78, 5) is 0. The number of benzene rings is 2. The summed E-state index contributed by atoms with van der Waals surface area (Å²) in [7, 11) is 1.96. The van der Waals surface area contributed by atoms with Crippen molar-refractivity contribution in [2.45, 2.75) is 25.7 Å². The van der Waals surface area contributed by atoms with Crippen LogP contribution < -0.4 is 5.32 Å². The fourth-order valence-electron chi connectivity index (χ4n) is 3.46. The second-order valence-corrected chi connectivity index (χ2v) is 6.38. The molecule has 2 heteroatoms. The molecule has 0 fully saturated rings. The lowest BCUT2D eigenvalue weighted by atomic mass is 9.67. The Labute approximate surface area is 132 Å². The highest BCUT2D eigenvalue weighted by Crippen LogP contribution is 2.48. The minimum Gasteiger partial charge on any atom is -0.507 e. The van der Waals surface area contributed by atoms with Crippen molar-refractivity contribution in [3.05, 3.63) is 70.8 Å². The first-order chi connectivity index (χ1) is 10.6. The summed E-state index contributed by atoms with van der Waals surface area (Å²) in [6.07, 6.45) is 3.18. The van der Waals surface area contributed by atoms with Crippen LogP contribution in [0.4, 0.5) is 0 Å². The van der Waals surface area contributed by atoms with Gasteiger partial charge >= 0.3 is 0 Å². The number of rotatable bonds is 3. The van der Waals surface area contributed by atoms with Crippen molar-refractivity contribution in [1.29, 1.82) is 0 Å². The normalized spacial score (nSPS) is 17.1. The van der Waals surface area contributed by atoms with Gasteiger partial charge in [-0.25, -0.2) is 0 Å². The van der Waals surface area contributed by atoms with Crippen LogP contribution in [0.5, 0.6) is 5.75 Å². The molecule has 0 amide bonds. The number of fused-ring (bicyclic) bond motifs is 2. The number of phenolic OH excluding ortho intramolecular Hbond substituents is 1. The Morgan fingerprint density at radius 2 is 1.77 bits per heavy atom. The molecule has 0 spiro atoms. The van der Waals surface area contributed by atoms with Crippen molar-refractivity contribution in [1.82, 2.24) is 5.32 Å². The van der Waals surface area contributed by atoms with Gasteiger partial charge in [0.05, 0.1) is 0 Å². The molecule has 0 atom stereocenters. The third-order valence-electron chi connectivity index (χ3n) is 4.62. The first kappa shape index (κ1) is 14.9. The van der Waals surface area contributed by atoms with Gasteiger partial charge in [0, 0.05) is 11.0 Å². The first-order valence-corrected chi connectivity index (χ1v) is 7.85. The van der Waals surface area contributed by atoms with Gasteiger partial charge in [0.25, 0.3) is 0 Å². The molecular formula is C20H23NO. The van der Waals surface area contributed by atoms with Crippen LogP contribution in [0.2, 0.25) is 0 Å². The molecule has 1 aliphatic rings. The highest BCUT2D eigenvalue weighted by molar-refractivity contribution is 5.90. The largest absolute Gasteiger partial charge is 0.507 e. The Hall–Kier alpha value is -2.06. The lowest BCUT2D eigenvalue weighted by molar-refractivity contribution is 0.469. The second kappa shape index (κ2) is 5.62. The lowest BCUT2D eigenvalue weighted by Gasteiger charge is -2.36. The summed E-state index contributed by atoms with van der Waals surface area (Å²) in [6, 6.07) is 14.4. The van der Waals surface area contributed by atoms with Crippen LogP contribution in [-0.4, -0.2) is 18.7 Å². The Morgan fingerprint density at radius 1 is 1.05 bits per heavy atom. The quantitative estimate of drug-likeness (QED) is 0.836. The zero-order chi connectivity index (χ0) is 15.7. The summed E-state index contributed by atoms with van der Waals surface area (Å²) >= 11 is 0. The van der Waals surface area contributed by atoms with Crippen LogP contribution in [0.3, 0.4) is 0 Å². The van der Waals surface area contributed by atoms with Crippen molar-refractivity contribution in [2.75, 3.05) is 13.6 Å². The minimum atomic E-state index is -0.106. The Kier molecular flexibility index (Phi) is 3.79. The molecular weight excluding hydrogens is 270 g/mol. The van der Waals surface area contributed by atoms with E-state index in [9.17, 15) is 5.11 Å². The molecule has 0 radical (unpaired) electrons. The maximum Gasteiger partial charge on any atom is 0.123 e. The number of nitrogens with one attached hydrogen (secondary N) is 1. The average Bonchev–Trinajstić information content (AvgIpc) is 2.51. The molecule has 0 saturated carbocycles. The average molecular weight is 293 g/mol. The van der Waals surface area contributed by atoms with E-state index in [1.807, 2.05) is 13.1 Å². The van der Waals surface area contributed by atoms with Gasteiger partial charge in [-0.2, -0.15) is 0 Å². The monoisotopic (exact) mass is 293 g/mol. The van der Waals surface area contributed by atoms with Crippen molar-refractivity contribution < 1.29 is 5.11 Å². The molecule has 22 heavy (non-hydrogen) atoms. The van der Waals surface area contributed by atoms with E-state index in [2.05, 4.69) is 55.6 Å². The molecule has 0 aliphatic heterocycles. The SMILES string of the molecule is CNCC/C=C1/c2ccccc2C(C)(C)c2cccc(O)c21. The molecule has 0 saturated heterocycles. The Balaban J connectivity index is 2.27. The Morgan fingerprint density at radius 3 is 2.55 bits per heavy atom. The van der Waals surface area contributed by atoms with Crippen molar-refractivity contribution in [2.24, 2.45) is 0 Å². The van der Waals surface area contributed by atoms with E-state index in [1.54, 1.807) is 6.07 Å². The van der Waals surface area contributed by atoms with Crippen molar-refractivity contribution in [3.8, 4) is 5.75 Å². The molecule has 0 bridgehead atoms. The van der Waals surface area contributed by atoms with E-state index >= 15 is 0 Å². The summed E-state index contributed by atoms with van der Waals surface area (Å²) in [6.45, 7) is 5.39. The van der Waals surface area contributed by atoms with Crippen LogP contribution in [0.15, 0.2) is 48.5 Å². The summed E-state index contributed by atoms with van der Waals surface area (Å²) in [5.41, 5.74) is 5.79. The summed E-state index contributed by atoms with van der Waals surface area (Å²) < 4.78 is 0. The highest BCUT2D eigenvalue weighted by Gasteiger charge is 2.35. The zero-order valence-electron chi connectivity index (χ0n) is 13.5. The predicted molar refractivity (Wildman–Crippen MR) is 92.3 cm³/mol. The smallest absolute Gasteiger partial charge is 0.123 e. The van der Waals surface area contributed by atoms with Gasteiger partial charge in [-0.1, -0.05) is 56.3 Å². The van der Waals surface area contributed by atoms with E-state index in [0.717, 1.165) is 24.1 Å². The van der Waals surface area contributed by atoms with Gasteiger partial charge in [0.1, 0.15) is 5.75 Å². The standard InChI is InChI=1S/C20H23NO/c1-20(2)16-10-5-4-8-14(16)15(9-7-13-21-3)19-17(20)11-6-12-18(19)22/h4-6,8-12,21-22H,7,13H2,1-3H3/b15-9-. The molecule has 0 heterocycles. The number of hydrogen-bond acceptors (Lipinski definition) is 2. The van der Waals surface area contributed by atoms with Crippen LogP contribution in [0, 0.1) is 0 Å². The maximum absolute atomic E-state index is 10.5. The molecule has 2 nitrogen and oxygen atoms in total. The molecule has 114 valence electrons. The summed E-state index contributed by atoms with van der Waals surface area (Å²) in [5, 5.41) is 13.7. The van der Waals surface area contributed by atoms with Crippen molar-refractivity contribution >= 4 is 5.57 Å². The minimum absolute atomic E-state index is 0.106. The van der Waals surface area contributed by atoms with Crippen LogP contribution in [-0.2, 0) is 5.41 Å². The van der Waals surface area contributed by atoms with E-state index in [-0.39, 0.29) is 5.41 Å². The molecule has 2 aromatic carbocycles. The second-order valence-electron chi connectivity index (χ2n) is 6.38. The molecule has 0 aromatic heterocycles. The predicted octanol–water partition coefficient (Wildman–Crippen LogP) is 4.07. The van der Waals surface area contributed by atoms with E-state index in [4.69, 9.17) is 0 Å². The van der Waals surface area contributed by atoms with E-state index in [0.29, 0.717) is 5.75 Å². The highest BCUT2D eigenvalue weighted by atomic mass is 16.3. The fourth-order valence-corrected chi connectivity index (χ4v) is 3.46. The van der Waals surface area contributed by atoms with E-state index < -0.39 is 0 Å². The zero-order valence-corrected chi connectivity index (χ0v) is 13.5. The summed E-state index contributed by atoms with van der Waals surface area (Å²) in [5.74, 6) is 0.371. The van der Waals surface area contributed by atoms with Crippen molar-refractivity contribution in [3.63, 3.8) is 0 Å². The third kappa shape index (κ3) is 2.24. The van der Waals surface area contributed by atoms with Crippen LogP contribution >= 0.6 is 0 Å². The van der Waals surface area contributed by atoms with Gasteiger partial charge in [0.15, 0.2) is 0 Å². The fraction of sp³-hybridized carbons (Fsp3) is 0.300. The van der Waals surface area contributed by atoms with Gasteiger partial charge < -0.3 is 10.4 Å². The molecule has 1 aliphatic carbocycles. The molecule has 2 aromatic rings. The van der Waals surface area contributed by atoms with Gasteiger partial charge in [0.2, 0.25) is 0 Å². The van der Waals surface area contributed by atoms with Gasteiger partial charge in [-0.05, 0) is 48.3 Å². The van der Waals surface area contributed by atoms with Gasteiger partial charge in [-0.3, -0.25) is 0 Å². The first-order valence-electron chi connectivity index (χ1n) is 7.85.